The van der Waals surface area contributed by atoms with Gasteiger partial charge in [-0.1, -0.05) is 160 Å². The second-order valence-corrected chi connectivity index (χ2v) is 17.2. The van der Waals surface area contributed by atoms with Crippen molar-refractivity contribution in [3.63, 3.8) is 0 Å². The summed E-state index contributed by atoms with van der Waals surface area (Å²) < 4.78 is 10.2. The Labute approximate surface area is 401 Å². The maximum absolute atomic E-state index is 11.3. The van der Waals surface area contributed by atoms with Crippen LogP contribution in [0.25, 0.3) is 32.7 Å². The summed E-state index contributed by atoms with van der Waals surface area (Å²) in [6, 6.07) is 66.0. The van der Waals surface area contributed by atoms with E-state index in [1.54, 1.807) is 0 Å². The lowest BCUT2D eigenvalue weighted by Crippen LogP contribution is -2.11. The van der Waals surface area contributed by atoms with E-state index in [4.69, 9.17) is 9.47 Å². The van der Waals surface area contributed by atoms with Crippen LogP contribution in [-0.2, 0) is 31.9 Å². The molecular formula is C62H60N2O4. The number of hydrogen-bond acceptors (Lipinski definition) is 6. The van der Waals surface area contributed by atoms with E-state index in [0.717, 1.165) is 109 Å². The molecule has 0 atom stereocenters. The van der Waals surface area contributed by atoms with Crippen molar-refractivity contribution in [1.29, 1.82) is 0 Å². The van der Waals surface area contributed by atoms with Crippen LogP contribution in [0.15, 0.2) is 207 Å². The smallest absolute Gasteiger partial charge is 0.330 e. The van der Waals surface area contributed by atoms with Crippen LogP contribution in [-0.4, -0.2) is 25.2 Å². The Hall–Kier alpha value is -7.70. The zero-order valence-electron chi connectivity index (χ0n) is 38.9. The van der Waals surface area contributed by atoms with Crippen molar-refractivity contribution in [2.45, 2.75) is 64.2 Å². The molecule has 6 heteroatoms. The van der Waals surface area contributed by atoms with E-state index in [1.165, 1.54) is 44.8 Å². The number of rotatable bonds is 23. The summed E-state index contributed by atoms with van der Waals surface area (Å²) in [5.74, 6) is -0.709. The minimum absolute atomic E-state index is 0.355. The van der Waals surface area contributed by atoms with Crippen LogP contribution in [0.2, 0.25) is 0 Å². The van der Waals surface area contributed by atoms with Gasteiger partial charge in [-0.15, -0.1) is 0 Å². The predicted octanol–water partition coefficient (Wildman–Crippen LogP) is 16.3. The highest BCUT2D eigenvalue weighted by Gasteiger charge is 2.18. The molecule has 6 nitrogen and oxygen atoms in total. The number of hydrogen-bond donors (Lipinski definition) is 0. The number of carbonyl (C=O) groups is 2. The predicted molar refractivity (Wildman–Crippen MR) is 283 cm³/mol. The lowest BCUT2D eigenvalue weighted by atomic mass is 10.0. The van der Waals surface area contributed by atoms with E-state index in [9.17, 15) is 9.59 Å². The third kappa shape index (κ3) is 12.0. The minimum Gasteiger partial charge on any atom is -0.463 e. The van der Waals surface area contributed by atoms with Gasteiger partial charge in [0, 0.05) is 45.7 Å². The van der Waals surface area contributed by atoms with E-state index < -0.39 is 0 Å². The molecule has 0 aromatic heterocycles. The Kier molecular flexibility index (Phi) is 16.3. The third-order valence-electron chi connectivity index (χ3n) is 12.5. The number of unbranched alkanes of at least 4 members (excludes halogenated alkanes) is 6. The van der Waals surface area contributed by atoms with Crippen molar-refractivity contribution in [3.05, 3.63) is 218 Å². The SMILES string of the molecule is C=CC(=O)OCCCCCCc1ccc(N(c2ccc(-c3ccc(N(c4ccc(CCCCCCOC(=O)C=C)cc4)c4cccc5ccccc45)cc3)cc2)c2cccc3ccccc23)cc1. The van der Waals surface area contributed by atoms with Gasteiger partial charge in [0.25, 0.3) is 0 Å². The molecule has 8 aromatic rings. The third-order valence-corrected chi connectivity index (χ3v) is 12.5. The number of esters is 2. The first-order chi connectivity index (χ1) is 33.5. The molecule has 0 N–H and O–H groups in total. The zero-order chi connectivity index (χ0) is 46.9. The van der Waals surface area contributed by atoms with E-state index in [1.807, 2.05) is 0 Å². The second kappa shape index (κ2) is 23.7. The summed E-state index contributed by atoms with van der Waals surface area (Å²) in [5.41, 5.74) is 11.6. The van der Waals surface area contributed by atoms with Crippen LogP contribution in [0.5, 0.6) is 0 Å². The molecule has 8 aromatic carbocycles. The van der Waals surface area contributed by atoms with Crippen LogP contribution in [0, 0.1) is 0 Å². The Morgan fingerprint density at radius 1 is 0.382 bits per heavy atom. The summed E-state index contributed by atoms with van der Waals surface area (Å²) in [6.45, 7) is 7.81. The van der Waals surface area contributed by atoms with Gasteiger partial charge < -0.3 is 19.3 Å². The van der Waals surface area contributed by atoms with Gasteiger partial charge in [-0.2, -0.15) is 0 Å². The molecular weight excluding hydrogens is 837 g/mol. The van der Waals surface area contributed by atoms with Gasteiger partial charge in [0.2, 0.25) is 0 Å². The number of fused-ring (bicyclic) bond motifs is 2. The maximum atomic E-state index is 11.3. The minimum atomic E-state index is -0.355. The van der Waals surface area contributed by atoms with Gasteiger partial charge in [0.1, 0.15) is 0 Å². The lowest BCUT2D eigenvalue weighted by Gasteiger charge is -2.28. The number of nitrogens with zero attached hydrogens (tertiary/aromatic N) is 2. The highest BCUT2D eigenvalue weighted by molar-refractivity contribution is 6.00. The first-order valence-corrected chi connectivity index (χ1v) is 24.0. The largest absolute Gasteiger partial charge is 0.463 e. The van der Waals surface area contributed by atoms with Gasteiger partial charge in [0.15, 0.2) is 0 Å². The summed E-state index contributed by atoms with van der Waals surface area (Å²) >= 11 is 0. The van der Waals surface area contributed by atoms with Gasteiger partial charge in [0.05, 0.1) is 24.6 Å². The molecule has 0 saturated heterocycles. The molecule has 0 aliphatic heterocycles. The molecule has 0 bridgehead atoms. The van der Waals surface area contributed by atoms with Crippen molar-refractivity contribution in [2.75, 3.05) is 23.0 Å². The Morgan fingerprint density at radius 3 is 1.10 bits per heavy atom. The molecule has 0 radical (unpaired) electrons. The normalized spacial score (nSPS) is 11.0. The number of benzene rings is 8. The standard InChI is InChI=1S/C62H60N2O4/c1-3-61(65)67-45-15-7-5-9-19-47-29-37-53(38-30-47)63(59-27-17-23-51-21-11-13-25-57(51)59)55-41-33-49(34-42-55)50-35-43-56(44-36-50)64(60-28-18-24-52-22-12-14-26-58(52)60)54-39-31-48(32-40-54)20-10-6-8-16-46-68-62(66)4-2/h3-4,11-14,17-18,21-44H,1-2,5-10,15-16,19-20,45-46H2. The topological polar surface area (TPSA) is 59.1 Å². The van der Waals surface area contributed by atoms with Crippen LogP contribution >= 0.6 is 0 Å². The monoisotopic (exact) mass is 896 g/mol. The molecule has 0 spiro atoms. The van der Waals surface area contributed by atoms with Crippen molar-refractivity contribution in [3.8, 4) is 11.1 Å². The molecule has 0 saturated carbocycles. The van der Waals surface area contributed by atoms with E-state index in [-0.39, 0.29) is 11.9 Å². The molecule has 0 unspecified atom stereocenters. The van der Waals surface area contributed by atoms with Crippen LogP contribution < -0.4 is 9.80 Å². The second-order valence-electron chi connectivity index (χ2n) is 17.2. The van der Waals surface area contributed by atoms with Crippen LogP contribution in [0.4, 0.5) is 34.1 Å². The maximum Gasteiger partial charge on any atom is 0.330 e. The number of carbonyl (C=O) groups excluding carboxylic acids is 2. The van der Waals surface area contributed by atoms with Gasteiger partial charge in [-0.05, 0) is 132 Å². The first-order valence-electron chi connectivity index (χ1n) is 24.0. The molecule has 342 valence electrons. The summed E-state index contributed by atoms with van der Waals surface area (Å²) in [5, 5.41) is 4.79. The van der Waals surface area contributed by atoms with Gasteiger partial charge >= 0.3 is 11.9 Å². The fraction of sp³-hybridized carbons (Fsp3) is 0.194. The van der Waals surface area contributed by atoms with E-state index in [2.05, 4.69) is 205 Å². The molecule has 0 aliphatic carbocycles. The quantitative estimate of drug-likeness (QED) is 0.0362. The molecule has 0 aliphatic rings. The summed E-state index contributed by atoms with van der Waals surface area (Å²) in [4.78, 5) is 27.4. The van der Waals surface area contributed by atoms with E-state index >= 15 is 0 Å². The Bertz CT molecular complexity index is 2710. The van der Waals surface area contributed by atoms with Crippen molar-refractivity contribution in [2.24, 2.45) is 0 Å². The van der Waals surface area contributed by atoms with Crippen molar-refractivity contribution < 1.29 is 19.1 Å². The van der Waals surface area contributed by atoms with Crippen molar-refractivity contribution in [1.82, 2.24) is 0 Å². The zero-order valence-corrected chi connectivity index (χ0v) is 38.9. The van der Waals surface area contributed by atoms with Gasteiger partial charge in [-0.3, -0.25) is 0 Å². The molecule has 0 heterocycles. The Morgan fingerprint density at radius 2 is 0.721 bits per heavy atom. The lowest BCUT2D eigenvalue weighted by molar-refractivity contribution is -0.138. The number of aryl methyl sites for hydroxylation is 2. The average molecular weight is 897 g/mol. The molecule has 68 heavy (non-hydrogen) atoms. The molecule has 8 rings (SSSR count). The number of anilines is 6. The Balaban J connectivity index is 1.00. The first kappa shape index (κ1) is 46.8. The molecule has 0 amide bonds. The fourth-order valence-corrected chi connectivity index (χ4v) is 8.92. The highest BCUT2D eigenvalue weighted by Crippen LogP contribution is 2.42. The fourth-order valence-electron chi connectivity index (χ4n) is 8.92. The number of ether oxygens (including phenoxy) is 2. The summed E-state index contributed by atoms with van der Waals surface area (Å²) in [7, 11) is 0. The van der Waals surface area contributed by atoms with Crippen molar-refractivity contribution >= 4 is 67.6 Å². The van der Waals surface area contributed by atoms with Gasteiger partial charge in [-0.25, -0.2) is 9.59 Å². The summed E-state index contributed by atoms with van der Waals surface area (Å²) in [6.07, 6.45) is 12.6. The van der Waals surface area contributed by atoms with Crippen LogP contribution in [0.1, 0.15) is 62.5 Å². The van der Waals surface area contributed by atoms with E-state index in [0.29, 0.717) is 13.2 Å². The highest BCUT2D eigenvalue weighted by atomic mass is 16.5. The average Bonchev–Trinajstić information content (AvgIpc) is 3.39. The molecule has 0 fully saturated rings. The van der Waals surface area contributed by atoms with Crippen LogP contribution in [0.3, 0.4) is 0 Å².